The monoisotopic (exact) mass is 337 g/mol. The molecule has 2 aromatic rings. The molecule has 1 saturated carbocycles. The molecule has 1 aliphatic heterocycles. The van der Waals surface area contributed by atoms with Gasteiger partial charge in [0.05, 0.1) is 5.56 Å². The Morgan fingerprint density at radius 3 is 2.64 bits per heavy atom. The Morgan fingerprint density at radius 2 is 1.92 bits per heavy atom. The summed E-state index contributed by atoms with van der Waals surface area (Å²) in [6.45, 7) is 7.13. The first-order chi connectivity index (χ1) is 12.1. The average molecular weight is 337 g/mol. The molecule has 1 aliphatic carbocycles. The first kappa shape index (κ1) is 16.4. The Labute approximate surface area is 149 Å². The highest BCUT2D eigenvalue weighted by Crippen LogP contribution is 2.38. The number of aryl methyl sites for hydroxylation is 1. The molecule has 1 saturated heterocycles. The van der Waals surface area contributed by atoms with Crippen LogP contribution in [0.1, 0.15) is 52.6 Å². The van der Waals surface area contributed by atoms with Gasteiger partial charge in [0.25, 0.3) is 5.91 Å². The van der Waals surface area contributed by atoms with Crippen molar-refractivity contribution in [2.24, 2.45) is 0 Å². The summed E-state index contributed by atoms with van der Waals surface area (Å²) < 4.78 is 2.34. The molecule has 132 valence electrons. The number of amides is 1. The zero-order valence-electron chi connectivity index (χ0n) is 15.2. The van der Waals surface area contributed by atoms with E-state index in [4.69, 9.17) is 0 Å². The van der Waals surface area contributed by atoms with Crippen LogP contribution in [-0.2, 0) is 6.54 Å². The molecule has 1 aromatic carbocycles. The van der Waals surface area contributed by atoms with Crippen LogP contribution in [0.5, 0.6) is 0 Å². The van der Waals surface area contributed by atoms with Crippen molar-refractivity contribution in [3.63, 3.8) is 0 Å². The van der Waals surface area contributed by atoms with E-state index in [1.165, 1.54) is 24.1 Å². The molecule has 1 N–H and O–H groups in total. The number of nitrogens with one attached hydrogen (secondary N) is 1. The van der Waals surface area contributed by atoms with Crippen molar-refractivity contribution >= 4 is 5.91 Å². The Hall–Kier alpha value is -2.07. The smallest absolute Gasteiger partial charge is 0.253 e. The van der Waals surface area contributed by atoms with Crippen LogP contribution in [0.3, 0.4) is 0 Å². The zero-order valence-corrected chi connectivity index (χ0v) is 15.2. The predicted molar refractivity (Wildman–Crippen MR) is 99.8 cm³/mol. The normalized spacial score (nSPS) is 20.8. The lowest BCUT2D eigenvalue weighted by Crippen LogP contribution is -2.37. The zero-order chi connectivity index (χ0) is 17.4. The number of carbonyl (C=O) groups is 1. The number of carbonyl (C=O) groups excluding carboxylic acids is 1. The van der Waals surface area contributed by atoms with Gasteiger partial charge in [0.15, 0.2) is 0 Å². The van der Waals surface area contributed by atoms with Crippen LogP contribution < -0.4 is 5.32 Å². The SMILES string of the molecule is Cc1cc(C(=O)N[C@H]2CCN(Cc3ccccc3)C2)c(C)n1C1CC1. The number of rotatable bonds is 5. The van der Waals surface area contributed by atoms with E-state index in [1.807, 2.05) is 0 Å². The van der Waals surface area contributed by atoms with Crippen molar-refractivity contribution in [2.75, 3.05) is 13.1 Å². The van der Waals surface area contributed by atoms with Gasteiger partial charge in [-0.25, -0.2) is 0 Å². The summed E-state index contributed by atoms with van der Waals surface area (Å²) in [5.41, 5.74) is 4.52. The van der Waals surface area contributed by atoms with Gasteiger partial charge in [-0.15, -0.1) is 0 Å². The molecule has 0 unspecified atom stereocenters. The summed E-state index contributed by atoms with van der Waals surface area (Å²) in [5, 5.41) is 3.26. The molecule has 4 rings (SSSR count). The number of hydrogen-bond donors (Lipinski definition) is 1. The quantitative estimate of drug-likeness (QED) is 0.907. The lowest BCUT2D eigenvalue weighted by Gasteiger charge is -2.17. The maximum Gasteiger partial charge on any atom is 0.253 e. The topological polar surface area (TPSA) is 37.3 Å². The molecular weight excluding hydrogens is 310 g/mol. The molecule has 2 heterocycles. The van der Waals surface area contributed by atoms with Gasteiger partial charge < -0.3 is 9.88 Å². The van der Waals surface area contributed by atoms with Gasteiger partial charge in [-0.3, -0.25) is 9.69 Å². The fourth-order valence-electron chi connectivity index (χ4n) is 4.10. The van der Waals surface area contributed by atoms with Gasteiger partial charge in [-0.1, -0.05) is 30.3 Å². The van der Waals surface area contributed by atoms with Crippen molar-refractivity contribution in [1.82, 2.24) is 14.8 Å². The lowest BCUT2D eigenvalue weighted by molar-refractivity contribution is 0.0937. The van der Waals surface area contributed by atoms with Gasteiger partial charge in [0.1, 0.15) is 0 Å². The summed E-state index contributed by atoms with van der Waals surface area (Å²) in [6, 6.07) is 13.5. The van der Waals surface area contributed by atoms with Gasteiger partial charge in [0.2, 0.25) is 0 Å². The second-order valence-electron chi connectivity index (χ2n) is 7.57. The summed E-state index contributed by atoms with van der Waals surface area (Å²) >= 11 is 0. The fraction of sp³-hybridized carbons (Fsp3) is 0.476. The predicted octanol–water partition coefficient (Wildman–Crippen LogP) is 3.44. The molecule has 2 aliphatic rings. The van der Waals surface area contributed by atoms with E-state index in [9.17, 15) is 4.79 Å². The molecule has 2 fully saturated rings. The molecule has 0 radical (unpaired) electrons. The second-order valence-corrected chi connectivity index (χ2v) is 7.57. The highest BCUT2D eigenvalue weighted by atomic mass is 16.1. The van der Waals surface area contributed by atoms with Crippen molar-refractivity contribution in [3.8, 4) is 0 Å². The number of benzene rings is 1. The highest BCUT2D eigenvalue weighted by molar-refractivity contribution is 5.96. The number of aromatic nitrogens is 1. The van der Waals surface area contributed by atoms with Crippen LogP contribution in [0, 0.1) is 13.8 Å². The van der Waals surface area contributed by atoms with Crippen molar-refractivity contribution in [1.29, 1.82) is 0 Å². The average Bonchev–Trinajstić information content (AvgIpc) is 3.26. The molecule has 4 heteroatoms. The van der Waals surface area contributed by atoms with Gasteiger partial charge in [0, 0.05) is 43.1 Å². The summed E-state index contributed by atoms with van der Waals surface area (Å²) in [6.07, 6.45) is 3.52. The third-order valence-electron chi connectivity index (χ3n) is 5.50. The summed E-state index contributed by atoms with van der Waals surface area (Å²) in [4.78, 5) is 15.2. The first-order valence-electron chi connectivity index (χ1n) is 9.37. The van der Waals surface area contributed by atoms with Crippen molar-refractivity contribution < 1.29 is 4.79 Å². The van der Waals surface area contributed by atoms with Crippen LogP contribution in [0.25, 0.3) is 0 Å². The minimum atomic E-state index is 0.0894. The molecule has 1 amide bonds. The molecular formula is C21H27N3O. The Balaban J connectivity index is 1.37. The number of nitrogens with zero attached hydrogens (tertiary/aromatic N) is 2. The van der Waals surface area contributed by atoms with E-state index in [0.29, 0.717) is 6.04 Å². The van der Waals surface area contributed by atoms with Crippen LogP contribution in [-0.4, -0.2) is 34.5 Å². The summed E-state index contributed by atoms with van der Waals surface area (Å²) in [7, 11) is 0. The van der Waals surface area contributed by atoms with Crippen molar-refractivity contribution in [2.45, 2.75) is 51.7 Å². The summed E-state index contributed by atoms with van der Waals surface area (Å²) in [5.74, 6) is 0.0894. The molecule has 0 spiro atoms. The molecule has 4 nitrogen and oxygen atoms in total. The minimum Gasteiger partial charge on any atom is -0.348 e. The van der Waals surface area contributed by atoms with Crippen LogP contribution in [0.4, 0.5) is 0 Å². The second kappa shape index (κ2) is 6.68. The Kier molecular flexibility index (Phi) is 4.38. The van der Waals surface area contributed by atoms with E-state index in [0.717, 1.165) is 37.3 Å². The van der Waals surface area contributed by atoms with E-state index < -0.39 is 0 Å². The maximum absolute atomic E-state index is 12.8. The minimum absolute atomic E-state index is 0.0894. The van der Waals surface area contributed by atoms with Crippen LogP contribution in [0.2, 0.25) is 0 Å². The van der Waals surface area contributed by atoms with E-state index in [1.54, 1.807) is 0 Å². The molecule has 0 bridgehead atoms. The van der Waals surface area contributed by atoms with Gasteiger partial charge >= 0.3 is 0 Å². The van der Waals surface area contributed by atoms with Crippen LogP contribution in [0.15, 0.2) is 36.4 Å². The standard InChI is InChI=1S/C21H27N3O/c1-15-12-20(16(2)24(15)19-8-9-19)21(25)22-18-10-11-23(14-18)13-17-6-4-3-5-7-17/h3-7,12,18-19H,8-11,13-14H2,1-2H3,(H,22,25)/t18-/m0/s1. The third kappa shape index (κ3) is 3.49. The van der Waals surface area contributed by atoms with E-state index in [-0.39, 0.29) is 11.9 Å². The highest BCUT2D eigenvalue weighted by Gasteiger charge is 2.30. The van der Waals surface area contributed by atoms with Crippen LogP contribution >= 0.6 is 0 Å². The van der Waals surface area contributed by atoms with Gasteiger partial charge in [-0.05, 0) is 44.7 Å². The lowest BCUT2D eigenvalue weighted by atomic mass is 10.2. The van der Waals surface area contributed by atoms with E-state index in [2.05, 4.69) is 65.0 Å². The first-order valence-corrected chi connectivity index (χ1v) is 9.37. The maximum atomic E-state index is 12.8. The largest absolute Gasteiger partial charge is 0.348 e. The van der Waals surface area contributed by atoms with Crippen molar-refractivity contribution in [3.05, 3.63) is 58.9 Å². The third-order valence-corrected chi connectivity index (χ3v) is 5.50. The molecule has 1 aromatic heterocycles. The van der Waals surface area contributed by atoms with E-state index >= 15 is 0 Å². The number of likely N-dealkylation sites (tertiary alicyclic amines) is 1. The molecule has 1 atom stereocenters. The fourth-order valence-corrected chi connectivity index (χ4v) is 4.10. The molecule has 25 heavy (non-hydrogen) atoms. The Bertz CT molecular complexity index is 761. The van der Waals surface area contributed by atoms with Gasteiger partial charge in [-0.2, -0.15) is 0 Å². The number of hydrogen-bond acceptors (Lipinski definition) is 2. The Morgan fingerprint density at radius 1 is 1.16 bits per heavy atom.